The largest absolute Gasteiger partial charge is 0.497 e. The van der Waals surface area contributed by atoms with Gasteiger partial charge in [0.25, 0.3) is 0 Å². The van der Waals surface area contributed by atoms with Gasteiger partial charge in [-0.05, 0) is 46.2 Å². The van der Waals surface area contributed by atoms with Gasteiger partial charge in [-0.25, -0.2) is 0 Å². The Bertz CT molecular complexity index is 680. The van der Waals surface area contributed by atoms with Gasteiger partial charge in [0.1, 0.15) is 5.75 Å². The van der Waals surface area contributed by atoms with Crippen molar-refractivity contribution in [3.8, 4) is 11.8 Å². The summed E-state index contributed by atoms with van der Waals surface area (Å²) < 4.78 is 5.08. The van der Waals surface area contributed by atoms with E-state index in [0.29, 0.717) is 0 Å². The van der Waals surface area contributed by atoms with Crippen molar-refractivity contribution in [3.05, 3.63) is 65.2 Å². The van der Waals surface area contributed by atoms with Gasteiger partial charge in [-0.2, -0.15) is 5.26 Å². The number of methoxy groups -OCH3 is 1. The van der Waals surface area contributed by atoms with Gasteiger partial charge in [-0.3, -0.25) is 0 Å². The lowest BCUT2D eigenvalue weighted by molar-refractivity contribution is 0.414. The van der Waals surface area contributed by atoms with Crippen molar-refractivity contribution in [1.29, 1.82) is 5.26 Å². The lowest BCUT2D eigenvalue weighted by Crippen LogP contribution is -2.10. The molecule has 0 aromatic heterocycles. The molecule has 0 saturated carbocycles. The molecule has 0 aliphatic rings. The highest BCUT2D eigenvalue weighted by molar-refractivity contribution is 5.35. The zero-order valence-electron chi connectivity index (χ0n) is 16.0. The van der Waals surface area contributed by atoms with Crippen molar-refractivity contribution in [1.82, 2.24) is 0 Å². The molecule has 128 valence electrons. The van der Waals surface area contributed by atoms with E-state index in [-0.39, 0.29) is 10.8 Å². The van der Waals surface area contributed by atoms with E-state index in [1.54, 1.807) is 7.11 Å². The average molecular weight is 323 g/mol. The van der Waals surface area contributed by atoms with Gasteiger partial charge in [0.15, 0.2) is 0 Å². The van der Waals surface area contributed by atoms with Crippen LogP contribution in [0.5, 0.6) is 5.75 Å². The van der Waals surface area contributed by atoms with Crippen LogP contribution in [0, 0.1) is 11.3 Å². The lowest BCUT2D eigenvalue weighted by atomic mass is 9.86. The topological polar surface area (TPSA) is 33.0 Å². The monoisotopic (exact) mass is 323 g/mol. The number of benzene rings is 2. The Morgan fingerprint density at radius 3 is 1.75 bits per heavy atom. The minimum Gasteiger partial charge on any atom is -0.497 e. The van der Waals surface area contributed by atoms with Gasteiger partial charge in [0.2, 0.25) is 0 Å². The number of nitriles is 1. The van der Waals surface area contributed by atoms with Crippen LogP contribution >= 0.6 is 0 Å². The Morgan fingerprint density at radius 1 is 0.792 bits per heavy atom. The number of nitrogens with zero attached hydrogens (tertiary/aromatic N) is 1. The molecule has 0 bridgehead atoms. The van der Waals surface area contributed by atoms with Crippen LogP contribution in [0.1, 0.15) is 58.2 Å². The molecule has 2 heteroatoms. The number of rotatable bonds is 1. The maximum atomic E-state index is 8.68. The van der Waals surface area contributed by atoms with Gasteiger partial charge in [-0.1, -0.05) is 65.8 Å². The molecular formula is C22H29NO. The fourth-order valence-corrected chi connectivity index (χ4v) is 2.15. The Balaban J connectivity index is 0.000000240. The Labute approximate surface area is 147 Å². The summed E-state index contributed by atoms with van der Waals surface area (Å²) in [5, 5.41) is 8.68. The Kier molecular flexibility index (Phi) is 6.60. The predicted molar refractivity (Wildman–Crippen MR) is 102 cm³/mol. The van der Waals surface area contributed by atoms with Crippen LogP contribution in [-0.4, -0.2) is 7.11 Å². The number of hydrogen-bond donors (Lipinski definition) is 0. The second-order valence-electron chi connectivity index (χ2n) is 7.92. The van der Waals surface area contributed by atoms with Gasteiger partial charge in [-0.15, -0.1) is 0 Å². The van der Waals surface area contributed by atoms with Crippen molar-refractivity contribution >= 4 is 0 Å². The summed E-state index contributed by atoms with van der Waals surface area (Å²) in [6, 6.07) is 18.1. The predicted octanol–water partition coefficient (Wildman–Crippen LogP) is 5.85. The number of hydrogen-bond acceptors (Lipinski definition) is 2. The molecule has 0 amide bonds. The van der Waals surface area contributed by atoms with Crippen LogP contribution in [0.25, 0.3) is 0 Å². The SMILES string of the molecule is CC(C)(C)c1cccc(C#N)c1.COc1ccc(C(C)(C)C)cc1. The molecule has 0 heterocycles. The third-order valence-corrected chi connectivity index (χ3v) is 3.81. The van der Waals surface area contributed by atoms with E-state index in [4.69, 9.17) is 10.00 Å². The third-order valence-electron chi connectivity index (χ3n) is 3.81. The summed E-state index contributed by atoms with van der Waals surface area (Å²) in [6.45, 7) is 13.0. The van der Waals surface area contributed by atoms with Crippen molar-refractivity contribution in [3.63, 3.8) is 0 Å². The van der Waals surface area contributed by atoms with E-state index in [0.717, 1.165) is 11.3 Å². The molecule has 0 N–H and O–H groups in total. The molecule has 0 saturated heterocycles. The van der Waals surface area contributed by atoms with Gasteiger partial charge >= 0.3 is 0 Å². The quantitative estimate of drug-likeness (QED) is 0.659. The first-order chi connectivity index (χ1) is 11.1. The first-order valence-corrected chi connectivity index (χ1v) is 8.23. The van der Waals surface area contributed by atoms with E-state index in [2.05, 4.69) is 65.8 Å². The molecule has 0 unspecified atom stereocenters. The maximum Gasteiger partial charge on any atom is 0.118 e. The van der Waals surface area contributed by atoms with Crippen molar-refractivity contribution in [2.24, 2.45) is 0 Å². The lowest BCUT2D eigenvalue weighted by Gasteiger charge is -2.18. The normalized spacial score (nSPS) is 11.1. The van der Waals surface area contributed by atoms with Gasteiger partial charge < -0.3 is 4.74 Å². The van der Waals surface area contributed by atoms with Crippen molar-refractivity contribution in [2.45, 2.75) is 52.4 Å². The Morgan fingerprint density at radius 2 is 1.33 bits per heavy atom. The molecule has 24 heavy (non-hydrogen) atoms. The zero-order valence-corrected chi connectivity index (χ0v) is 16.0. The summed E-state index contributed by atoms with van der Waals surface area (Å²) in [5.74, 6) is 0.919. The molecule has 0 aliphatic carbocycles. The minimum atomic E-state index is 0.132. The molecular weight excluding hydrogens is 294 g/mol. The average Bonchev–Trinajstić information content (AvgIpc) is 2.54. The maximum absolute atomic E-state index is 8.68. The highest BCUT2D eigenvalue weighted by atomic mass is 16.5. The summed E-state index contributed by atoms with van der Waals surface area (Å²) in [7, 11) is 1.69. The second-order valence-corrected chi connectivity index (χ2v) is 7.92. The molecule has 2 nitrogen and oxygen atoms in total. The van der Waals surface area contributed by atoms with Gasteiger partial charge in [0.05, 0.1) is 18.7 Å². The van der Waals surface area contributed by atoms with E-state index in [1.807, 2.05) is 30.3 Å². The van der Waals surface area contributed by atoms with Crippen LogP contribution in [0.4, 0.5) is 0 Å². The van der Waals surface area contributed by atoms with Gasteiger partial charge in [0, 0.05) is 0 Å². The Hall–Kier alpha value is -2.27. The van der Waals surface area contributed by atoms with E-state index in [1.165, 1.54) is 11.1 Å². The first-order valence-electron chi connectivity index (χ1n) is 8.23. The smallest absolute Gasteiger partial charge is 0.118 e. The first kappa shape index (κ1) is 19.8. The van der Waals surface area contributed by atoms with Crippen molar-refractivity contribution < 1.29 is 4.74 Å². The van der Waals surface area contributed by atoms with Crippen LogP contribution in [-0.2, 0) is 10.8 Å². The highest BCUT2D eigenvalue weighted by Crippen LogP contribution is 2.24. The summed E-state index contributed by atoms with van der Waals surface area (Å²) >= 11 is 0. The van der Waals surface area contributed by atoms with Crippen LogP contribution in [0.15, 0.2) is 48.5 Å². The second kappa shape index (κ2) is 8.02. The molecule has 0 spiro atoms. The van der Waals surface area contributed by atoms with Crippen molar-refractivity contribution in [2.75, 3.05) is 7.11 Å². The number of ether oxygens (including phenoxy) is 1. The summed E-state index contributed by atoms with van der Waals surface area (Å²) in [6.07, 6.45) is 0. The fraction of sp³-hybridized carbons (Fsp3) is 0.409. The summed E-state index contributed by atoms with van der Waals surface area (Å²) in [5.41, 5.74) is 3.64. The summed E-state index contributed by atoms with van der Waals surface area (Å²) in [4.78, 5) is 0. The van der Waals surface area contributed by atoms with Crippen LogP contribution < -0.4 is 4.74 Å². The highest BCUT2D eigenvalue weighted by Gasteiger charge is 2.13. The van der Waals surface area contributed by atoms with E-state index in [9.17, 15) is 0 Å². The van der Waals surface area contributed by atoms with E-state index >= 15 is 0 Å². The molecule has 0 aliphatic heterocycles. The van der Waals surface area contributed by atoms with Crippen LogP contribution in [0.3, 0.4) is 0 Å². The van der Waals surface area contributed by atoms with Crippen LogP contribution in [0.2, 0.25) is 0 Å². The molecule has 0 atom stereocenters. The molecule has 2 aromatic rings. The minimum absolute atomic E-state index is 0.132. The third kappa shape index (κ3) is 6.08. The molecule has 0 fully saturated rings. The molecule has 0 radical (unpaired) electrons. The zero-order chi connectivity index (χ0) is 18.4. The molecule has 2 rings (SSSR count). The van der Waals surface area contributed by atoms with E-state index < -0.39 is 0 Å². The molecule has 2 aromatic carbocycles. The standard InChI is InChI=1S/C11H13N.C11H16O/c1-11(2,3)10-6-4-5-9(7-10)8-12;1-11(2,3)9-5-7-10(12-4)8-6-9/h4-7H,1-3H3;5-8H,1-4H3. The fourth-order valence-electron chi connectivity index (χ4n) is 2.15.